The van der Waals surface area contributed by atoms with Crippen LogP contribution in [-0.4, -0.2) is 13.2 Å². The lowest BCUT2D eigenvalue weighted by molar-refractivity contribution is 0.111. The molecule has 0 amide bonds. The first-order valence-electron chi connectivity index (χ1n) is 7.35. The van der Waals surface area contributed by atoms with Gasteiger partial charge in [-0.05, 0) is 41.6 Å². The summed E-state index contributed by atoms with van der Waals surface area (Å²) in [5.74, 6) is 0. The van der Waals surface area contributed by atoms with Crippen LogP contribution in [0.15, 0.2) is 48.5 Å². The Labute approximate surface area is 120 Å². The molecule has 0 spiro atoms. The maximum absolute atomic E-state index is 5.30. The summed E-state index contributed by atoms with van der Waals surface area (Å²) in [5, 5.41) is 3.34. The minimum atomic E-state index is 0.802. The number of rotatable bonds is 0. The predicted octanol–water partition coefficient (Wildman–Crippen LogP) is 3.09. The summed E-state index contributed by atoms with van der Waals surface area (Å²) >= 11 is 0. The second kappa shape index (κ2) is 6.69. The van der Waals surface area contributed by atoms with Crippen molar-refractivity contribution in [2.75, 3.05) is 13.2 Å². The van der Waals surface area contributed by atoms with Gasteiger partial charge in [0, 0.05) is 6.54 Å². The van der Waals surface area contributed by atoms with Crippen molar-refractivity contribution in [3.63, 3.8) is 0 Å². The van der Waals surface area contributed by atoms with Gasteiger partial charge in [0.15, 0.2) is 0 Å². The molecule has 4 rings (SSSR count). The fourth-order valence-corrected chi connectivity index (χ4v) is 2.73. The highest BCUT2D eigenvalue weighted by Crippen LogP contribution is 2.15. The van der Waals surface area contributed by atoms with Gasteiger partial charge < -0.3 is 10.1 Å². The van der Waals surface area contributed by atoms with E-state index < -0.39 is 0 Å². The third-order valence-corrected chi connectivity index (χ3v) is 3.90. The summed E-state index contributed by atoms with van der Waals surface area (Å²) in [6, 6.07) is 17.1. The van der Waals surface area contributed by atoms with Gasteiger partial charge in [0.25, 0.3) is 0 Å². The topological polar surface area (TPSA) is 21.3 Å². The molecule has 104 valence electrons. The van der Waals surface area contributed by atoms with Gasteiger partial charge in [0.2, 0.25) is 0 Å². The molecule has 0 bridgehead atoms. The van der Waals surface area contributed by atoms with Crippen LogP contribution in [0.1, 0.15) is 22.3 Å². The fraction of sp³-hybridized carbons (Fsp3) is 0.333. The highest BCUT2D eigenvalue weighted by atomic mass is 16.5. The van der Waals surface area contributed by atoms with E-state index >= 15 is 0 Å². The molecule has 0 aromatic heterocycles. The standard InChI is InChI=1S/C9H11N.C9H10O/c2*1-2-4-9-7-10-6-5-8(9)3-1/h1-4,10H,5-7H2;1-4H,5-7H2. The third-order valence-electron chi connectivity index (χ3n) is 3.90. The first-order chi connectivity index (χ1) is 9.93. The molecule has 2 aromatic carbocycles. The number of hydrogen-bond acceptors (Lipinski definition) is 2. The molecule has 0 aliphatic carbocycles. The summed E-state index contributed by atoms with van der Waals surface area (Å²) in [4.78, 5) is 0. The Morgan fingerprint density at radius 1 is 0.750 bits per heavy atom. The van der Waals surface area contributed by atoms with Crippen molar-refractivity contribution in [3.8, 4) is 0 Å². The maximum Gasteiger partial charge on any atom is 0.0719 e. The summed E-state index contributed by atoms with van der Waals surface area (Å²) in [6.45, 7) is 3.88. The van der Waals surface area contributed by atoms with Crippen molar-refractivity contribution in [3.05, 3.63) is 70.8 Å². The van der Waals surface area contributed by atoms with Gasteiger partial charge in [-0.15, -0.1) is 0 Å². The summed E-state index contributed by atoms with van der Waals surface area (Å²) in [7, 11) is 0. The number of benzene rings is 2. The van der Waals surface area contributed by atoms with Crippen LogP contribution in [0.5, 0.6) is 0 Å². The van der Waals surface area contributed by atoms with Gasteiger partial charge in [-0.25, -0.2) is 0 Å². The van der Waals surface area contributed by atoms with Crippen molar-refractivity contribution >= 4 is 0 Å². The van der Waals surface area contributed by atoms with Gasteiger partial charge in [0.1, 0.15) is 0 Å². The van der Waals surface area contributed by atoms with Crippen LogP contribution in [0.4, 0.5) is 0 Å². The summed E-state index contributed by atoms with van der Waals surface area (Å²) < 4.78 is 5.30. The van der Waals surface area contributed by atoms with E-state index in [9.17, 15) is 0 Å². The lowest BCUT2D eigenvalue weighted by atomic mass is 10.0. The van der Waals surface area contributed by atoms with E-state index in [1.807, 2.05) is 0 Å². The van der Waals surface area contributed by atoms with Gasteiger partial charge in [-0.2, -0.15) is 0 Å². The van der Waals surface area contributed by atoms with Crippen LogP contribution in [-0.2, 0) is 30.7 Å². The van der Waals surface area contributed by atoms with E-state index in [1.54, 1.807) is 0 Å². The summed E-state index contributed by atoms with van der Waals surface area (Å²) in [5.41, 5.74) is 5.79. The molecule has 2 heterocycles. The second-order valence-electron chi connectivity index (χ2n) is 5.27. The zero-order valence-corrected chi connectivity index (χ0v) is 11.8. The Balaban J connectivity index is 0.000000121. The van der Waals surface area contributed by atoms with Crippen molar-refractivity contribution < 1.29 is 4.74 Å². The zero-order chi connectivity index (χ0) is 13.6. The maximum atomic E-state index is 5.30. The van der Waals surface area contributed by atoms with Crippen LogP contribution < -0.4 is 5.32 Å². The molecular formula is C18H21NO. The van der Waals surface area contributed by atoms with Gasteiger partial charge in [-0.3, -0.25) is 0 Å². The monoisotopic (exact) mass is 267 g/mol. The Morgan fingerprint density at radius 2 is 1.40 bits per heavy atom. The van der Waals surface area contributed by atoms with Crippen molar-refractivity contribution in [2.24, 2.45) is 0 Å². The average molecular weight is 267 g/mol. The Hall–Kier alpha value is -1.64. The van der Waals surface area contributed by atoms with Crippen molar-refractivity contribution in [1.82, 2.24) is 5.32 Å². The van der Waals surface area contributed by atoms with E-state index in [2.05, 4.69) is 53.8 Å². The SMILES string of the molecule is c1ccc2c(c1)CCNC2.c1ccc2c(c1)CCOC2. The molecular weight excluding hydrogens is 246 g/mol. The zero-order valence-electron chi connectivity index (χ0n) is 11.8. The molecule has 0 saturated heterocycles. The molecule has 2 nitrogen and oxygen atoms in total. The van der Waals surface area contributed by atoms with Crippen LogP contribution in [0.2, 0.25) is 0 Å². The molecule has 0 radical (unpaired) electrons. The molecule has 0 fully saturated rings. The minimum Gasteiger partial charge on any atom is -0.376 e. The van der Waals surface area contributed by atoms with E-state index in [4.69, 9.17) is 4.74 Å². The number of nitrogens with one attached hydrogen (secondary N) is 1. The quantitative estimate of drug-likeness (QED) is 0.792. The Bertz CT molecular complexity index is 463. The largest absolute Gasteiger partial charge is 0.376 e. The highest BCUT2D eigenvalue weighted by molar-refractivity contribution is 5.29. The molecule has 2 aliphatic rings. The Morgan fingerprint density at radius 3 is 2.10 bits per heavy atom. The lowest BCUT2D eigenvalue weighted by Crippen LogP contribution is -2.23. The Kier molecular flexibility index (Phi) is 4.46. The number of hydrogen-bond donors (Lipinski definition) is 1. The van der Waals surface area contributed by atoms with Gasteiger partial charge in [0.05, 0.1) is 13.2 Å². The van der Waals surface area contributed by atoms with Gasteiger partial charge in [-0.1, -0.05) is 48.5 Å². The second-order valence-corrected chi connectivity index (χ2v) is 5.27. The minimum absolute atomic E-state index is 0.802. The smallest absolute Gasteiger partial charge is 0.0719 e. The van der Waals surface area contributed by atoms with Crippen molar-refractivity contribution in [1.29, 1.82) is 0 Å². The average Bonchev–Trinajstić information content (AvgIpc) is 2.56. The van der Waals surface area contributed by atoms with Gasteiger partial charge >= 0.3 is 0 Å². The first kappa shape index (κ1) is 13.3. The molecule has 20 heavy (non-hydrogen) atoms. The molecule has 2 aliphatic heterocycles. The predicted molar refractivity (Wildman–Crippen MR) is 81.7 cm³/mol. The molecule has 0 unspecified atom stereocenters. The molecule has 0 saturated carbocycles. The van der Waals surface area contributed by atoms with E-state index in [0.29, 0.717) is 0 Å². The molecule has 1 N–H and O–H groups in total. The van der Waals surface area contributed by atoms with Crippen LogP contribution in [0, 0.1) is 0 Å². The molecule has 2 heteroatoms. The van der Waals surface area contributed by atoms with E-state index in [-0.39, 0.29) is 0 Å². The normalized spacial score (nSPS) is 16.4. The molecule has 0 atom stereocenters. The highest BCUT2D eigenvalue weighted by Gasteiger charge is 2.06. The van der Waals surface area contributed by atoms with Crippen LogP contribution >= 0.6 is 0 Å². The van der Waals surface area contributed by atoms with Crippen molar-refractivity contribution in [2.45, 2.75) is 26.0 Å². The first-order valence-corrected chi connectivity index (χ1v) is 7.35. The lowest BCUT2D eigenvalue weighted by Gasteiger charge is -2.15. The van der Waals surface area contributed by atoms with E-state index in [1.165, 1.54) is 28.7 Å². The fourth-order valence-electron chi connectivity index (χ4n) is 2.73. The molecule has 2 aromatic rings. The third kappa shape index (κ3) is 3.27. The number of ether oxygens (including phenoxy) is 1. The summed E-state index contributed by atoms with van der Waals surface area (Å²) in [6.07, 6.45) is 2.27. The number of fused-ring (bicyclic) bond motifs is 2. The van der Waals surface area contributed by atoms with E-state index in [0.717, 1.165) is 32.7 Å². The van der Waals surface area contributed by atoms with Crippen LogP contribution in [0.25, 0.3) is 0 Å². The van der Waals surface area contributed by atoms with Crippen LogP contribution in [0.3, 0.4) is 0 Å².